The Labute approximate surface area is 96.4 Å². The maximum atomic E-state index is 11.3. The van der Waals surface area contributed by atoms with Crippen LogP contribution in [0.4, 0.5) is 0 Å². The summed E-state index contributed by atoms with van der Waals surface area (Å²) in [6, 6.07) is 6.95. The zero-order chi connectivity index (χ0) is 12.0. The number of epoxide rings is 1. The molecule has 0 saturated carbocycles. The quantitative estimate of drug-likeness (QED) is 0.762. The second-order valence-electron chi connectivity index (χ2n) is 4.51. The van der Waals surface area contributed by atoms with Gasteiger partial charge in [-0.15, -0.1) is 0 Å². The third-order valence-electron chi connectivity index (χ3n) is 3.20. The number of hydrogen-bond acceptors (Lipinski definition) is 3. The lowest BCUT2D eigenvalue weighted by Crippen LogP contribution is -2.03. The van der Waals surface area contributed by atoms with Crippen molar-refractivity contribution in [2.75, 3.05) is 6.26 Å². The topological polar surface area (TPSA) is 46.7 Å². The molecule has 0 amide bonds. The molecule has 2 rings (SSSR count). The first-order chi connectivity index (χ1) is 7.37. The lowest BCUT2D eigenvalue weighted by molar-refractivity contribution is 0.303. The lowest BCUT2D eigenvalue weighted by Gasteiger charge is -2.02. The standard InChI is InChI=1S/C12H16O3S/c1-4-12(2)11(15-12)9-5-7-10(8-6-9)16(3,13)14/h5-8,11H,4H2,1-3H3/t11-,12+/m1/s1. The van der Waals surface area contributed by atoms with Crippen molar-refractivity contribution in [3.05, 3.63) is 29.8 Å². The van der Waals surface area contributed by atoms with E-state index in [2.05, 4.69) is 13.8 Å². The van der Waals surface area contributed by atoms with Gasteiger partial charge in [0, 0.05) is 6.26 Å². The van der Waals surface area contributed by atoms with Gasteiger partial charge in [0.15, 0.2) is 9.84 Å². The minimum Gasteiger partial charge on any atom is -0.361 e. The molecule has 0 aromatic heterocycles. The maximum absolute atomic E-state index is 11.3. The monoisotopic (exact) mass is 240 g/mol. The van der Waals surface area contributed by atoms with Crippen LogP contribution in [0.15, 0.2) is 29.2 Å². The Balaban J connectivity index is 2.22. The Morgan fingerprint density at radius 2 is 1.88 bits per heavy atom. The van der Waals surface area contributed by atoms with Crippen molar-refractivity contribution in [3.8, 4) is 0 Å². The molecule has 1 aliphatic rings. The van der Waals surface area contributed by atoms with E-state index in [1.54, 1.807) is 12.1 Å². The van der Waals surface area contributed by atoms with E-state index in [-0.39, 0.29) is 11.7 Å². The lowest BCUT2D eigenvalue weighted by atomic mass is 9.99. The smallest absolute Gasteiger partial charge is 0.175 e. The van der Waals surface area contributed by atoms with Crippen LogP contribution in [0.2, 0.25) is 0 Å². The van der Waals surface area contributed by atoms with Gasteiger partial charge in [-0.3, -0.25) is 0 Å². The molecule has 1 aliphatic heterocycles. The highest BCUT2D eigenvalue weighted by Gasteiger charge is 2.51. The van der Waals surface area contributed by atoms with Crippen LogP contribution >= 0.6 is 0 Å². The van der Waals surface area contributed by atoms with Crippen LogP contribution in [-0.2, 0) is 14.6 Å². The summed E-state index contributed by atoms with van der Waals surface area (Å²) in [5.41, 5.74) is 0.990. The van der Waals surface area contributed by atoms with Gasteiger partial charge in [0.05, 0.1) is 10.5 Å². The van der Waals surface area contributed by atoms with Crippen LogP contribution in [-0.4, -0.2) is 20.3 Å². The molecule has 0 bridgehead atoms. The molecule has 1 saturated heterocycles. The van der Waals surface area contributed by atoms with Gasteiger partial charge in [0.25, 0.3) is 0 Å². The van der Waals surface area contributed by atoms with Crippen LogP contribution in [0.25, 0.3) is 0 Å². The number of hydrogen-bond donors (Lipinski definition) is 0. The van der Waals surface area contributed by atoms with Gasteiger partial charge in [-0.1, -0.05) is 19.1 Å². The Morgan fingerprint density at radius 3 is 2.25 bits per heavy atom. The molecule has 0 unspecified atom stereocenters. The van der Waals surface area contributed by atoms with Crippen molar-refractivity contribution in [1.82, 2.24) is 0 Å². The predicted octanol–water partition coefficient (Wildman–Crippen LogP) is 2.33. The summed E-state index contributed by atoms with van der Waals surface area (Å²) in [5, 5.41) is 0. The molecule has 0 aliphatic carbocycles. The molecule has 1 heterocycles. The van der Waals surface area contributed by atoms with Crippen molar-refractivity contribution in [2.45, 2.75) is 36.9 Å². The second kappa shape index (κ2) is 3.57. The van der Waals surface area contributed by atoms with Gasteiger partial charge in [-0.05, 0) is 31.0 Å². The van der Waals surface area contributed by atoms with Gasteiger partial charge in [-0.25, -0.2) is 8.42 Å². The van der Waals surface area contributed by atoms with E-state index in [1.165, 1.54) is 6.26 Å². The first kappa shape index (κ1) is 11.6. The van der Waals surface area contributed by atoms with E-state index in [0.29, 0.717) is 4.90 Å². The minimum absolute atomic E-state index is 0.0629. The summed E-state index contributed by atoms with van der Waals surface area (Å²) < 4.78 is 28.2. The van der Waals surface area contributed by atoms with Gasteiger partial charge in [-0.2, -0.15) is 0 Å². The Morgan fingerprint density at radius 1 is 1.31 bits per heavy atom. The summed E-state index contributed by atoms with van der Waals surface area (Å²) in [7, 11) is -3.10. The fourth-order valence-corrected chi connectivity index (χ4v) is 2.44. The van der Waals surface area contributed by atoms with Gasteiger partial charge < -0.3 is 4.74 Å². The Hall–Kier alpha value is -0.870. The van der Waals surface area contributed by atoms with E-state index < -0.39 is 9.84 Å². The van der Waals surface area contributed by atoms with Gasteiger partial charge in [0.2, 0.25) is 0 Å². The molecule has 1 aromatic carbocycles. The average Bonchev–Trinajstić information content (AvgIpc) is 2.91. The summed E-state index contributed by atoms with van der Waals surface area (Å²) in [6.07, 6.45) is 2.29. The number of sulfone groups is 1. The highest BCUT2D eigenvalue weighted by atomic mass is 32.2. The highest BCUT2D eigenvalue weighted by molar-refractivity contribution is 7.90. The Kier molecular flexibility index (Phi) is 2.59. The summed E-state index contributed by atoms with van der Waals surface area (Å²) in [6.45, 7) is 4.16. The van der Waals surface area contributed by atoms with Crippen LogP contribution in [0.1, 0.15) is 31.9 Å². The third kappa shape index (κ3) is 1.99. The van der Waals surface area contributed by atoms with E-state index >= 15 is 0 Å². The molecule has 1 aromatic rings. The second-order valence-corrected chi connectivity index (χ2v) is 6.52. The molecule has 1 fully saturated rings. The van der Waals surface area contributed by atoms with E-state index in [4.69, 9.17) is 4.74 Å². The van der Waals surface area contributed by atoms with E-state index in [0.717, 1.165) is 12.0 Å². The van der Waals surface area contributed by atoms with Crippen molar-refractivity contribution in [1.29, 1.82) is 0 Å². The van der Waals surface area contributed by atoms with Gasteiger partial charge in [0.1, 0.15) is 6.10 Å². The molecule has 0 N–H and O–H groups in total. The molecule has 2 atom stereocenters. The van der Waals surface area contributed by atoms with Gasteiger partial charge >= 0.3 is 0 Å². The molecule has 0 spiro atoms. The normalized spacial score (nSPS) is 29.1. The number of rotatable bonds is 3. The zero-order valence-electron chi connectivity index (χ0n) is 9.73. The Bertz CT molecular complexity index is 490. The highest BCUT2D eigenvalue weighted by Crippen LogP contribution is 2.51. The third-order valence-corrected chi connectivity index (χ3v) is 4.33. The summed E-state index contributed by atoms with van der Waals surface area (Å²) in [5.74, 6) is 0. The summed E-state index contributed by atoms with van der Waals surface area (Å²) in [4.78, 5) is 0.357. The van der Waals surface area contributed by atoms with Crippen molar-refractivity contribution >= 4 is 9.84 Å². The van der Waals surface area contributed by atoms with Crippen LogP contribution in [0, 0.1) is 0 Å². The first-order valence-electron chi connectivity index (χ1n) is 5.34. The molecule has 0 radical (unpaired) electrons. The van der Waals surface area contributed by atoms with Crippen molar-refractivity contribution in [2.24, 2.45) is 0 Å². The molecule has 88 valence electrons. The van der Waals surface area contributed by atoms with Crippen LogP contribution < -0.4 is 0 Å². The molecule has 4 heteroatoms. The molecule has 3 nitrogen and oxygen atoms in total. The molecule has 16 heavy (non-hydrogen) atoms. The average molecular weight is 240 g/mol. The van der Waals surface area contributed by atoms with E-state index in [9.17, 15) is 8.42 Å². The van der Waals surface area contributed by atoms with E-state index in [1.807, 2.05) is 12.1 Å². The summed E-state index contributed by atoms with van der Waals surface area (Å²) >= 11 is 0. The SMILES string of the molecule is CC[C@]1(C)O[C@@H]1c1ccc(S(C)(=O)=O)cc1. The zero-order valence-corrected chi connectivity index (χ0v) is 10.5. The first-order valence-corrected chi connectivity index (χ1v) is 7.24. The fraction of sp³-hybridized carbons (Fsp3) is 0.500. The number of ether oxygens (including phenoxy) is 1. The predicted molar refractivity (Wildman–Crippen MR) is 62.1 cm³/mol. The minimum atomic E-state index is -3.10. The molecular formula is C12H16O3S. The number of benzene rings is 1. The fourth-order valence-electron chi connectivity index (χ4n) is 1.81. The van der Waals surface area contributed by atoms with Crippen LogP contribution in [0.5, 0.6) is 0 Å². The largest absolute Gasteiger partial charge is 0.361 e. The van der Waals surface area contributed by atoms with Crippen molar-refractivity contribution < 1.29 is 13.2 Å². The van der Waals surface area contributed by atoms with Crippen LogP contribution in [0.3, 0.4) is 0 Å². The van der Waals surface area contributed by atoms with Crippen molar-refractivity contribution in [3.63, 3.8) is 0 Å². The maximum Gasteiger partial charge on any atom is 0.175 e. The molecular weight excluding hydrogens is 224 g/mol.